The minimum absolute atomic E-state index is 0.0465. The molecular weight excluding hydrogens is 242 g/mol. The molecule has 74 valence electrons. The van der Waals surface area contributed by atoms with Crippen LogP contribution in [0.3, 0.4) is 0 Å². The third-order valence-corrected chi connectivity index (χ3v) is 2.80. The summed E-state index contributed by atoms with van der Waals surface area (Å²) in [6.07, 6.45) is 0. The van der Waals surface area contributed by atoms with Gasteiger partial charge in [-0.05, 0) is 24.6 Å². The van der Waals surface area contributed by atoms with Crippen LogP contribution in [0.15, 0.2) is 18.2 Å². The molecule has 0 aliphatic carbocycles. The second-order valence-electron chi connectivity index (χ2n) is 3.40. The summed E-state index contributed by atoms with van der Waals surface area (Å²) >= 11 is 3.42. The third kappa shape index (κ3) is 1.67. The number of fused-ring (bicyclic) bond motifs is 1. The van der Waals surface area contributed by atoms with Gasteiger partial charge in [0.05, 0.1) is 17.1 Å². The molecule has 0 bridgehead atoms. The van der Waals surface area contributed by atoms with Crippen LogP contribution in [0.2, 0.25) is 0 Å². The van der Waals surface area contributed by atoms with Crippen molar-refractivity contribution in [2.45, 2.75) is 18.3 Å². The van der Waals surface area contributed by atoms with Crippen LogP contribution >= 0.6 is 15.9 Å². The highest BCUT2D eigenvalue weighted by Gasteiger charge is 2.06. The fourth-order valence-electron chi connectivity index (χ4n) is 1.38. The van der Waals surface area contributed by atoms with Crippen molar-refractivity contribution in [2.24, 2.45) is 5.73 Å². The lowest BCUT2D eigenvalue weighted by Gasteiger charge is -1.96. The first-order valence-electron chi connectivity index (χ1n) is 4.51. The van der Waals surface area contributed by atoms with Crippen molar-refractivity contribution >= 4 is 27.0 Å². The van der Waals surface area contributed by atoms with Crippen LogP contribution < -0.4 is 5.73 Å². The highest BCUT2D eigenvalue weighted by Crippen LogP contribution is 2.17. The van der Waals surface area contributed by atoms with Gasteiger partial charge < -0.3 is 10.7 Å². The molecule has 1 atom stereocenters. The number of nitrogens with one attached hydrogen (secondary N) is 1. The highest BCUT2D eigenvalue weighted by atomic mass is 79.9. The molecule has 1 aromatic heterocycles. The summed E-state index contributed by atoms with van der Waals surface area (Å²) in [6, 6.07) is 6.11. The maximum absolute atomic E-state index is 5.75. The fraction of sp³-hybridized carbons (Fsp3) is 0.300. The second kappa shape index (κ2) is 3.71. The van der Waals surface area contributed by atoms with Gasteiger partial charge in [0.15, 0.2) is 0 Å². The van der Waals surface area contributed by atoms with Crippen molar-refractivity contribution in [1.29, 1.82) is 0 Å². The average Bonchev–Trinajstić information content (AvgIpc) is 2.59. The first-order chi connectivity index (χ1) is 6.70. The number of hydrogen-bond donors (Lipinski definition) is 2. The second-order valence-corrected chi connectivity index (χ2v) is 3.96. The van der Waals surface area contributed by atoms with Crippen molar-refractivity contribution in [1.82, 2.24) is 9.97 Å². The predicted octanol–water partition coefficient (Wildman–Crippen LogP) is 2.48. The Labute approximate surface area is 90.8 Å². The molecule has 2 rings (SSSR count). The van der Waals surface area contributed by atoms with Gasteiger partial charge in [0.2, 0.25) is 0 Å². The molecule has 0 saturated heterocycles. The van der Waals surface area contributed by atoms with Crippen molar-refractivity contribution in [2.75, 3.05) is 0 Å². The molecular formula is C10H12BrN3. The van der Waals surface area contributed by atoms with E-state index >= 15 is 0 Å². The summed E-state index contributed by atoms with van der Waals surface area (Å²) in [7, 11) is 0. The van der Waals surface area contributed by atoms with E-state index < -0.39 is 0 Å². The molecule has 1 heterocycles. The monoisotopic (exact) mass is 253 g/mol. The van der Waals surface area contributed by atoms with Crippen LogP contribution in [0.5, 0.6) is 0 Å². The number of benzene rings is 1. The lowest BCUT2D eigenvalue weighted by Crippen LogP contribution is -2.06. The molecule has 14 heavy (non-hydrogen) atoms. The molecule has 1 unspecified atom stereocenters. The summed E-state index contributed by atoms with van der Waals surface area (Å²) in [5.74, 6) is 0.840. The number of nitrogens with zero attached hydrogens (tertiary/aromatic N) is 1. The number of nitrogens with two attached hydrogens (primary N) is 1. The van der Waals surface area contributed by atoms with E-state index in [1.54, 1.807) is 0 Å². The van der Waals surface area contributed by atoms with Gasteiger partial charge in [-0.1, -0.05) is 22.0 Å². The minimum Gasteiger partial charge on any atom is -0.341 e. The van der Waals surface area contributed by atoms with Crippen LogP contribution in [0.25, 0.3) is 11.0 Å². The lowest BCUT2D eigenvalue weighted by molar-refractivity contribution is 0.760. The Hall–Kier alpha value is -0.870. The van der Waals surface area contributed by atoms with Gasteiger partial charge in [-0.25, -0.2) is 4.98 Å². The molecule has 3 N–H and O–H groups in total. The molecule has 4 heteroatoms. The number of halogens is 1. The molecule has 0 radical (unpaired) electrons. The van der Waals surface area contributed by atoms with E-state index in [1.807, 2.05) is 13.0 Å². The minimum atomic E-state index is -0.0465. The maximum atomic E-state index is 5.75. The summed E-state index contributed by atoms with van der Waals surface area (Å²) in [5.41, 5.74) is 9.00. The zero-order chi connectivity index (χ0) is 10.1. The molecule has 2 aromatic rings. The number of aromatic amines is 1. The zero-order valence-electron chi connectivity index (χ0n) is 7.92. The molecule has 0 fully saturated rings. The molecule has 3 nitrogen and oxygen atoms in total. The van der Waals surface area contributed by atoms with Gasteiger partial charge in [0, 0.05) is 5.33 Å². The van der Waals surface area contributed by atoms with E-state index in [2.05, 4.69) is 38.0 Å². The first kappa shape index (κ1) is 9.68. The number of imidazole rings is 1. The maximum Gasteiger partial charge on any atom is 0.123 e. The molecule has 0 aliphatic rings. The van der Waals surface area contributed by atoms with E-state index in [1.165, 1.54) is 5.56 Å². The van der Waals surface area contributed by atoms with Crippen LogP contribution in [0.4, 0.5) is 0 Å². The van der Waals surface area contributed by atoms with E-state index in [9.17, 15) is 0 Å². The SMILES string of the molecule is CC(N)c1nc2ccc(CBr)cc2[nH]1. The van der Waals surface area contributed by atoms with Gasteiger partial charge in [-0.2, -0.15) is 0 Å². The summed E-state index contributed by atoms with van der Waals surface area (Å²) in [6.45, 7) is 1.92. The quantitative estimate of drug-likeness (QED) is 0.809. The molecule has 0 aliphatic heterocycles. The Morgan fingerprint density at radius 1 is 1.57 bits per heavy atom. The Morgan fingerprint density at radius 2 is 2.36 bits per heavy atom. The van der Waals surface area contributed by atoms with Gasteiger partial charge >= 0.3 is 0 Å². The van der Waals surface area contributed by atoms with Crippen molar-refractivity contribution < 1.29 is 0 Å². The standard InChI is InChI=1S/C10H12BrN3/c1-6(12)10-13-8-3-2-7(5-11)4-9(8)14-10/h2-4,6H,5,12H2,1H3,(H,13,14). The largest absolute Gasteiger partial charge is 0.341 e. The Bertz CT molecular complexity index is 448. The zero-order valence-corrected chi connectivity index (χ0v) is 9.51. The van der Waals surface area contributed by atoms with E-state index in [-0.39, 0.29) is 6.04 Å². The van der Waals surface area contributed by atoms with Gasteiger partial charge in [0.1, 0.15) is 5.82 Å². The molecule has 0 saturated carbocycles. The van der Waals surface area contributed by atoms with Crippen molar-refractivity contribution in [3.8, 4) is 0 Å². The smallest absolute Gasteiger partial charge is 0.123 e. The van der Waals surface area contributed by atoms with Gasteiger partial charge in [-0.3, -0.25) is 0 Å². The topological polar surface area (TPSA) is 54.7 Å². The number of alkyl halides is 1. The van der Waals surface area contributed by atoms with Gasteiger partial charge in [0.25, 0.3) is 0 Å². The number of rotatable bonds is 2. The van der Waals surface area contributed by atoms with Gasteiger partial charge in [-0.15, -0.1) is 0 Å². The van der Waals surface area contributed by atoms with Crippen LogP contribution in [-0.4, -0.2) is 9.97 Å². The van der Waals surface area contributed by atoms with E-state index in [0.29, 0.717) is 0 Å². The highest BCUT2D eigenvalue weighted by molar-refractivity contribution is 9.08. The average molecular weight is 254 g/mol. The Balaban J connectivity index is 2.54. The van der Waals surface area contributed by atoms with Crippen LogP contribution in [0, 0.1) is 0 Å². The van der Waals surface area contributed by atoms with Crippen molar-refractivity contribution in [3.05, 3.63) is 29.6 Å². The molecule has 1 aromatic carbocycles. The third-order valence-electron chi connectivity index (χ3n) is 2.15. The Morgan fingerprint density at radius 3 is 3.00 bits per heavy atom. The predicted molar refractivity (Wildman–Crippen MR) is 61.3 cm³/mol. The fourth-order valence-corrected chi connectivity index (χ4v) is 1.72. The number of hydrogen-bond acceptors (Lipinski definition) is 2. The van der Waals surface area contributed by atoms with Crippen LogP contribution in [-0.2, 0) is 5.33 Å². The summed E-state index contributed by atoms with van der Waals surface area (Å²) < 4.78 is 0. The van der Waals surface area contributed by atoms with Crippen LogP contribution in [0.1, 0.15) is 24.4 Å². The normalized spacial score (nSPS) is 13.4. The van der Waals surface area contributed by atoms with Crippen molar-refractivity contribution in [3.63, 3.8) is 0 Å². The number of aromatic nitrogens is 2. The first-order valence-corrected chi connectivity index (χ1v) is 5.63. The van der Waals surface area contributed by atoms with E-state index in [0.717, 1.165) is 22.2 Å². The Kier molecular flexibility index (Phi) is 2.56. The van der Waals surface area contributed by atoms with E-state index in [4.69, 9.17) is 5.73 Å². The number of H-pyrrole nitrogens is 1. The summed E-state index contributed by atoms with van der Waals surface area (Å²) in [4.78, 5) is 7.60. The molecule has 0 amide bonds. The molecule has 0 spiro atoms. The summed E-state index contributed by atoms with van der Waals surface area (Å²) in [5, 5.41) is 0.857. The lowest BCUT2D eigenvalue weighted by atomic mass is 10.2.